The molecule has 0 aliphatic rings. The summed E-state index contributed by atoms with van der Waals surface area (Å²) in [7, 11) is 3.56. The topological polar surface area (TPSA) is 32.3 Å². The summed E-state index contributed by atoms with van der Waals surface area (Å²) in [5.74, 6) is 0. The predicted molar refractivity (Wildman–Crippen MR) is 54.5 cm³/mol. The SMILES string of the molecule is CN(C)NC(=O)Sc1ccccc1. The van der Waals surface area contributed by atoms with Gasteiger partial charge in [-0.3, -0.25) is 10.2 Å². The number of nitrogens with zero attached hydrogens (tertiary/aromatic N) is 1. The first-order valence-corrected chi connectivity index (χ1v) is 4.71. The zero-order chi connectivity index (χ0) is 9.68. The van der Waals surface area contributed by atoms with Gasteiger partial charge in [-0.15, -0.1) is 0 Å². The number of nitrogens with one attached hydrogen (secondary N) is 1. The highest BCUT2D eigenvalue weighted by atomic mass is 32.2. The van der Waals surface area contributed by atoms with Crippen LogP contribution in [0.5, 0.6) is 0 Å². The molecule has 1 aromatic carbocycles. The second-order valence-electron chi connectivity index (χ2n) is 2.71. The standard InChI is InChI=1S/C9H12N2OS/c1-11(2)10-9(12)13-8-6-4-3-5-7-8/h3-7H,1-2H3,(H,10,12). The van der Waals surface area contributed by atoms with Crippen LogP contribution < -0.4 is 5.43 Å². The van der Waals surface area contributed by atoms with Gasteiger partial charge in [0.15, 0.2) is 0 Å². The highest BCUT2D eigenvalue weighted by Gasteiger charge is 2.03. The summed E-state index contributed by atoms with van der Waals surface area (Å²) < 4.78 is 0. The zero-order valence-corrected chi connectivity index (χ0v) is 8.47. The van der Waals surface area contributed by atoms with Crippen molar-refractivity contribution in [3.8, 4) is 0 Å². The van der Waals surface area contributed by atoms with E-state index in [1.165, 1.54) is 11.8 Å². The maximum Gasteiger partial charge on any atom is 0.298 e. The number of hydrazine groups is 1. The first-order valence-electron chi connectivity index (χ1n) is 3.89. The van der Waals surface area contributed by atoms with Gasteiger partial charge in [0.25, 0.3) is 5.24 Å². The molecule has 0 radical (unpaired) electrons. The van der Waals surface area contributed by atoms with Crippen LogP contribution in [0.1, 0.15) is 0 Å². The third-order valence-electron chi connectivity index (χ3n) is 1.27. The lowest BCUT2D eigenvalue weighted by Crippen LogP contribution is -2.33. The molecule has 0 atom stereocenters. The van der Waals surface area contributed by atoms with Crippen molar-refractivity contribution in [3.05, 3.63) is 30.3 Å². The quantitative estimate of drug-likeness (QED) is 0.579. The number of carbonyl (C=O) groups is 1. The van der Waals surface area contributed by atoms with Crippen LogP contribution in [0.3, 0.4) is 0 Å². The Morgan fingerprint density at radius 2 is 1.92 bits per heavy atom. The summed E-state index contributed by atoms with van der Waals surface area (Å²) in [6, 6.07) is 9.55. The molecule has 70 valence electrons. The Bertz CT molecular complexity index is 274. The molecule has 0 saturated carbocycles. The van der Waals surface area contributed by atoms with E-state index in [4.69, 9.17) is 0 Å². The summed E-state index contributed by atoms with van der Waals surface area (Å²) >= 11 is 1.18. The van der Waals surface area contributed by atoms with E-state index in [2.05, 4.69) is 5.43 Å². The highest BCUT2D eigenvalue weighted by molar-refractivity contribution is 8.13. The van der Waals surface area contributed by atoms with Gasteiger partial charge in [0.05, 0.1) is 0 Å². The number of hydrogen-bond donors (Lipinski definition) is 1. The van der Waals surface area contributed by atoms with E-state index in [1.54, 1.807) is 19.1 Å². The molecule has 0 heterocycles. The number of carbonyl (C=O) groups excluding carboxylic acids is 1. The number of rotatable bonds is 2. The van der Waals surface area contributed by atoms with E-state index in [9.17, 15) is 4.79 Å². The molecule has 1 amide bonds. The van der Waals surface area contributed by atoms with Crippen molar-refractivity contribution in [1.82, 2.24) is 10.4 Å². The third kappa shape index (κ3) is 3.96. The summed E-state index contributed by atoms with van der Waals surface area (Å²) in [4.78, 5) is 12.2. The monoisotopic (exact) mass is 196 g/mol. The number of amides is 1. The van der Waals surface area contributed by atoms with Crippen LogP contribution in [0.2, 0.25) is 0 Å². The Morgan fingerprint density at radius 3 is 2.46 bits per heavy atom. The van der Waals surface area contributed by atoms with Crippen LogP contribution in [0.25, 0.3) is 0 Å². The van der Waals surface area contributed by atoms with Gasteiger partial charge in [0, 0.05) is 19.0 Å². The minimum absolute atomic E-state index is 0.0730. The molecule has 1 aromatic rings. The molecule has 3 nitrogen and oxygen atoms in total. The summed E-state index contributed by atoms with van der Waals surface area (Å²) in [6.45, 7) is 0. The van der Waals surface area contributed by atoms with Gasteiger partial charge >= 0.3 is 0 Å². The van der Waals surface area contributed by atoms with Gasteiger partial charge in [0.1, 0.15) is 0 Å². The van der Waals surface area contributed by atoms with Crippen molar-refractivity contribution >= 4 is 17.0 Å². The van der Waals surface area contributed by atoms with Crippen molar-refractivity contribution < 1.29 is 4.79 Å². The normalized spacial score (nSPS) is 10.1. The van der Waals surface area contributed by atoms with Crippen LogP contribution in [-0.4, -0.2) is 24.3 Å². The van der Waals surface area contributed by atoms with Gasteiger partial charge in [-0.2, -0.15) is 0 Å². The number of thioether (sulfide) groups is 1. The first-order chi connectivity index (χ1) is 6.18. The average Bonchev–Trinajstić information content (AvgIpc) is 2.04. The minimum atomic E-state index is -0.0730. The fourth-order valence-corrected chi connectivity index (χ4v) is 1.54. The molecule has 0 saturated heterocycles. The number of benzene rings is 1. The summed E-state index contributed by atoms with van der Waals surface area (Å²) in [6.07, 6.45) is 0. The van der Waals surface area contributed by atoms with Gasteiger partial charge in [-0.1, -0.05) is 18.2 Å². The zero-order valence-electron chi connectivity index (χ0n) is 7.65. The van der Waals surface area contributed by atoms with Crippen molar-refractivity contribution in [2.75, 3.05) is 14.1 Å². The molecule has 1 N–H and O–H groups in total. The molecule has 0 bridgehead atoms. The van der Waals surface area contributed by atoms with E-state index >= 15 is 0 Å². The Kier molecular flexibility index (Phi) is 3.79. The second kappa shape index (κ2) is 4.89. The maximum atomic E-state index is 11.2. The smallest absolute Gasteiger partial charge is 0.280 e. The Hall–Kier alpha value is -1.00. The molecule has 0 aliphatic carbocycles. The van der Waals surface area contributed by atoms with Gasteiger partial charge in [0.2, 0.25) is 0 Å². The molecule has 0 fully saturated rings. The molecule has 0 unspecified atom stereocenters. The molecule has 0 aromatic heterocycles. The fraction of sp³-hybridized carbons (Fsp3) is 0.222. The average molecular weight is 196 g/mol. The lowest BCUT2D eigenvalue weighted by molar-refractivity contribution is 0.234. The summed E-state index contributed by atoms with van der Waals surface area (Å²) in [5.41, 5.74) is 2.65. The molecule has 1 rings (SSSR count). The van der Waals surface area contributed by atoms with E-state index in [0.29, 0.717) is 0 Å². The lowest BCUT2D eigenvalue weighted by atomic mass is 10.4. The van der Waals surface area contributed by atoms with Gasteiger partial charge in [-0.05, 0) is 23.9 Å². The predicted octanol–water partition coefficient (Wildman–Crippen LogP) is 1.96. The summed E-state index contributed by atoms with van der Waals surface area (Å²) in [5, 5.41) is 1.55. The molecular formula is C9H12N2OS. The highest BCUT2D eigenvalue weighted by Crippen LogP contribution is 2.17. The van der Waals surface area contributed by atoms with Crippen molar-refractivity contribution in [2.45, 2.75) is 4.90 Å². The van der Waals surface area contributed by atoms with Crippen LogP contribution in [0.4, 0.5) is 4.79 Å². The van der Waals surface area contributed by atoms with Crippen LogP contribution >= 0.6 is 11.8 Å². The van der Waals surface area contributed by atoms with Crippen LogP contribution in [-0.2, 0) is 0 Å². The van der Waals surface area contributed by atoms with Gasteiger partial charge < -0.3 is 0 Å². The van der Waals surface area contributed by atoms with Crippen molar-refractivity contribution in [3.63, 3.8) is 0 Å². The third-order valence-corrected chi connectivity index (χ3v) is 2.05. The van der Waals surface area contributed by atoms with Gasteiger partial charge in [-0.25, -0.2) is 5.01 Å². The number of hydrogen-bond acceptors (Lipinski definition) is 3. The lowest BCUT2D eigenvalue weighted by Gasteiger charge is -2.10. The van der Waals surface area contributed by atoms with E-state index in [1.807, 2.05) is 30.3 Å². The Labute approximate surface area is 82.1 Å². The largest absolute Gasteiger partial charge is 0.298 e. The first kappa shape index (κ1) is 10.1. The van der Waals surface area contributed by atoms with Crippen LogP contribution in [0, 0.1) is 0 Å². The van der Waals surface area contributed by atoms with Crippen molar-refractivity contribution in [2.24, 2.45) is 0 Å². The Morgan fingerprint density at radius 1 is 1.31 bits per heavy atom. The molecule has 13 heavy (non-hydrogen) atoms. The van der Waals surface area contributed by atoms with Crippen molar-refractivity contribution in [1.29, 1.82) is 0 Å². The van der Waals surface area contributed by atoms with E-state index in [0.717, 1.165) is 4.90 Å². The molecule has 0 aliphatic heterocycles. The Balaban J connectivity index is 2.46. The van der Waals surface area contributed by atoms with E-state index < -0.39 is 0 Å². The molecular weight excluding hydrogens is 184 g/mol. The minimum Gasteiger partial charge on any atom is -0.280 e. The second-order valence-corrected chi connectivity index (χ2v) is 3.76. The van der Waals surface area contributed by atoms with Crippen LogP contribution in [0.15, 0.2) is 35.2 Å². The van der Waals surface area contributed by atoms with E-state index in [-0.39, 0.29) is 5.24 Å². The molecule has 4 heteroatoms. The maximum absolute atomic E-state index is 11.2. The fourth-order valence-electron chi connectivity index (χ4n) is 0.801. The molecule has 0 spiro atoms.